The van der Waals surface area contributed by atoms with Crippen LogP contribution in [0.4, 0.5) is 4.79 Å². The Kier molecular flexibility index (Phi) is 7.15. The number of rotatable bonds is 7. The molecule has 2 heterocycles. The van der Waals surface area contributed by atoms with E-state index in [0.717, 1.165) is 16.7 Å². The second kappa shape index (κ2) is 9.95. The molecule has 0 bridgehead atoms. The maximum Gasteiger partial charge on any atom is 0.407 e. The summed E-state index contributed by atoms with van der Waals surface area (Å²) in [6, 6.07) is 5.32. The van der Waals surface area contributed by atoms with Crippen LogP contribution < -0.4 is 9.47 Å². The van der Waals surface area contributed by atoms with E-state index in [1.165, 1.54) is 4.90 Å². The summed E-state index contributed by atoms with van der Waals surface area (Å²) in [5.74, 6) is 0.855. The van der Waals surface area contributed by atoms with E-state index in [2.05, 4.69) is 20.6 Å². The third-order valence-electron chi connectivity index (χ3n) is 5.97. The first-order valence-electron chi connectivity index (χ1n) is 11.3. The van der Waals surface area contributed by atoms with Crippen LogP contribution in [0, 0.1) is 6.92 Å². The molecule has 0 aliphatic heterocycles. The molecule has 0 unspecified atom stereocenters. The largest absolute Gasteiger partial charge is 0.488 e. The van der Waals surface area contributed by atoms with Crippen LogP contribution >= 0.6 is 23.2 Å². The maximum absolute atomic E-state index is 11.6. The molecule has 10 heteroatoms. The molecule has 1 aliphatic rings. The van der Waals surface area contributed by atoms with Gasteiger partial charge in [0.05, 0.1) is 28.3 Å². The predicted molar refractivity (Wildman–Crippen MR) is 136 cm³/mol. The number of carboxylic acid groups (broad SMARTS) is 1. The molecule has 35 heavy (non-hydrogen) atoms. The van der Waals surface area contributed by atoms with Gasteiger partial charge in [0, 0.05) is 35.7 Å². The van der Waals surface area contributed by atoms with Crippen LogP contribution in [0.25, 0.3) is 11.0 Å². The molecule has 8 nitrogen and oxygen atoms in total. The minimum atomic E-state index is -1.01. The van der Waals surface area contributed by atoms with Gasteiger partial charge >= 0.3 is 6.09 Å². The second-order valence-corrected chi connectivity index (χ2v) is 10.2. The Morgan fingerprint density at radius 1 is 1.20 bits per heavy atom. The third-order valence-corrected chi connectivity index (χ3v) is 6.69. The second-order valence-electron chi connectivity index (χ2n) is 9.43. The number of hydrogen-bond donors (Lipinski definition) is 1. The van der Waals surface area contributed by atoms with Crippen LogP contribution in [-0.4, -0.2) is 55.4 Å². The lowest BCUT2D eigenvalue weighted by Gasteiger charge is -2.33. The Morgan fingerprint density at radius 3 is 2.60 bits per heavy atom. The lowest BCUT2D eigenvalue weighted by atomic mass is 10.1. The lowest BCUT2D eigenvalue weighted by molar-refractivity contribution is 0.0885. The van der Waals surface area contributed by atoms with Gasteiger partial charge in [0.25, 0.3) is 0 Å². The molecule has 186 valence electrons. The Labute approximate surface area is 214 Å². The van der Waals surface area contributed by atoms with Crippen molar-refractivity contribution in [3.05, 3.63) is 58.6 Å². The maximum atomic E-state index is 11.6. The zero-order valence-corrected chi connectivity index (χ0v) is 21.5. The first kappa shape index (κ1) is 25.1. The van der Waals surface area contributed by atoms with E-state index in [9.17, 15) is 9.90 Å². The molecule has 3 aromatic rings. The van der Waals surface area contributed by atoms with E-state index in [-0.39, 0.29) is 25.3 Å². The molecule has 4 rings (SSSR count). The van der Waals surface area contributed by atoms with E-state index in [1.54, 1.807) is 18.5 Å². The number of amides is 1. The lowest BCUT2D eigenvalue weighted by Crippen LogP contribution is -2.46. The van der Waals surface area contributed by atoms with E-state index in [4.69, 9.17) is 32.7 Å². The van der Waals surface area contributed by atoms with Gasteiger partial charge < -0.3 is 24.0 Å². The average molecular weight is 519 g/mol. The fourth-order valence-corrected chi connectivity index (χ4v) is 4.46. The molecule has 0 spiro atoms. The van der Waals surface area contributed by atoms with E-state index in [1.807, 2.05) is 46.0 Å². The van der Waals surface area contributed by atoms with Gasteiger partial charge in [-0.1, -0.05) is 29.3 Å². The van der Waals surface area contributed by atoms with Crippen molar-refractivity contribution in [2.75, 3.05) is 13.2 Å². The first-order valence-corrected chi connectivity index (χ1v) is 12.1. The van der Waals surface area contributed by atoms with Crippen molar-refractivity contribution in [1.29, 1.82) is 0 Å². The standard InChI is InChI=1S/C25H28Cl2N4O4/c1-15-18-7-8-30(23(18)29-14-28-15)16-5-6-17(11-16)35-22-13-20(27)19(26)12-21(22)34-10-9-31(24(32)33)25(2,3)4/h5-8,12-14,16-17H,9-11H2,1-4H3,(H,32,33)/t16-,17+/m0/s1. The van der Waals surface area contributed by atoms with Crippen LogP contribution in [0.3, 0.4) is 0 Å². The number of allylic oxidation sites excluding steroid dienone is 1. The van der Waals surface area contributed by atoms with Crippen molar-refractivity contribution in [1.82, 2.24) is 19.4 Å². The quantitative estimate of drug-likeness (QED) is 0.377. The number of ether oxygens (including phenoxy) is 2. The number of aryl methyl sites for hydroxylation is 1. The fraction of sp³-hybridized carbons (Fsp3) is 0.400. The van der Waals surface area contributed by atoms with E-state index >= 15 is 0 Å². The van der Waals surface area contributed by atoms with Gasteiger partial charge in [0.1, 0.15) is 24.7 Å². The Morgan fingerprint density at radius 2 is 1.91 bits per heavy atom. The van der Waals surface area contributed by atoms with Crippen molar-refractivity contribution < 1.29 is 19.4 Å². The van der Waals surface area contributed by atoms with E-state index < -0.39 is 11.6 Å². The molecule has 1 amide bonds. The number of hydrogen-bond acceptors (Lipinski definition) is 5. The Balaban J connectivity index is 1.46. The first-order chi connectivity index (χ1) is 16.5. The normalized spacial score (nSPS) is 17.7. The molecule has 0 saturated carbocycles. The zero-order chi connectivity index (χ0) is 25.3. The molecular weight excluding hydrogens is 491 g/mol. The summed E-state index contributed by atoms with van der Waals surface area (Å²) in [7, 11) is 0. The van der Waals surface area contributed by atoms with Gasteiger partial charge in [0.2, 0.25) is 0 Å². The van der Waals surface area contributed by atoms with Gasteiger partial charge in [0.15, 0.2) is 11.5 Å². The minimum absolute atomic E-state index is 0.0786. The number of benzene rings is 1. The monoisotopic (exact) mass is 518 g/mol. The summed E-state index contributed by atoms with van der Waals surface area (Å²) >= 11 is 12.5. The Bertz CT molecular complexity index is 1270. The van der Waals surface area contributed by atoms with Crippen molar-refractivity contribution in [3.8, 4) is 11.5 Å². The number of halogens is 2. The summed E-state index contributed by atoms with van der Waals surface area (Å²) in [5.41, 5.74) is 1.27. The van der Waals surface area contributed by atoms with Gasteiger partial charge in [-0.3, -0.25) is 0 Å². The van der Waals surface area contributed by atoms with E-state index in [0.29, 0.717) is 28.0 Å². The number of carbonyl (C=O) groups is 1. The van der Waals surface area contributed by atoms with Crippen molar-refractivity contribution in [2.45, 2.75) is 51.8 Å². The number of fused-ring (bicyclic) bond motifs is 1. The molecule has 0 radical (unpaired) electrons. The Hall–Kier alpha value is -2.97. The van der Waals surface area contributed by atoms with Crippen molar-refractivity contribution >= 4 is 40.3 Å². The van der Waals surface area contributed by atoms with Gasteiger partial charge in [-0.15, -0.1) is 0 Å². The highest BCUT2D eigenvalue weighted by molar-refractivity contribution is 6.42. The molecular formula is C25H28Cl2N4O4. The third kappa shape index (κ3) is 5.49. The minimum Gasteiger partial charge on any atom is -0.488 e. The topological polar surface area (TPSA) is 89.7 Å². The van der Waals surface area contributed by atoms with Crippen LogP contribution in [0.2, 0.25) is 10.0 Å². The number of nitrogens with zero attached hydrogens (tertiary/aromatic N) is 4. The highest BCUT2D eigenvalue weighted by Crippen LogP contribution is 2.39. The summed E-state index contributed by atoms with van der Waals surface area (Å²) < 4.78 is 14.3. The fourth-order valence-electron chi connectivity index (χ4n) is 4.15. The molecule has 0 fully saturated rings. The van der Waals surface area contributed by atoms with Gasteiger partial charge in [-0.2, -0.15) is 0 Å². The SMILES string of the molecule is Cc1ncnc2c1ccn2[C@H]1C=C[C@@H](Oc2cc(Cl)c(Cl)cc2OCCN(C(=O)O)C(C)(C)C)C1. The highest BCUT2D eigenvalue weighted by atomic mass is 35.5. The predicted octanol–water partition coefficient (Wildman–Crippen LogP) is 6.15. The summed E-state index contributed by atoms with van der Waals surface area (Å²) in [5, 5.41) is 11.2. The van der Waals surface area contributed by atoms with Gasteiger partial charge in [-0.05, 0) is 39.8 Å². The molecule has 0 saturated heterocycles. The summed E-state index contributed by atoms with van der Waals surface area (Å²) in [6.07, 6.45) is 7.16. The molecule has 1 N–H and O–H groups in total. The zero-order valence-electron chi connectivity index (χ0n) is 20.0. The smallest absolute Gasteiger partial charge is 0.407 e. The number of aromatic nitrogens is 3. The van der Waals surface area contributed by atoms with Crippen LogP contribution in [0.15, 0.2) is 42.9 Å². The van der Waals surface area contributed by atoms with Crippen LogP contribution in [-0.2, 0) is 0 Å². The average Bonchev–Trinajstić information content (AvgIpc) is 3.40. The van der Waals surface area contributed by atoms with Crippen molar-refractivity contribution in [3.63, 3.8) is 0 Å². The molecule has 1 aromatic carbocycles. The van der Waals surface area contributed by atoms with Crippen molar-refractivity contribution in [2.24, 2.45) is 0 Å². The highest BCUT2D eigenvalue weighted by Gasteiger charge is 2.27. The van der Waals surface area contributed by atoms with Crippen LogP contribution in [0.5, 0.6) is 11.5 Å². The summed E-state index contributed by atoms with van der Waals surface area (Å²) in [4.78, 5) is 21.6. The van der Waals surface area contributed by atoms with Crippen LogP contribution in [0.1, 0.15) is 38.9 Å². The molecule has 2 aromatic heterocycles. The van der Waals surface area contributed by atoms with Gasteiger partial charge in [-0.25, -0.2) is 14.8 Å². The molecule has 2 atom stereocenters. The summed E-state index contributed by atoms with van der Waals surface area (Å²) in [6.45, 7) is 7.78. The molecule has 1 aliphatic carbocycles.